The van der Waals surface area contributed by atoms with Crippen LogP contribution in [-0.2, 0) is 13.1 Å². The third kappa shape index (κ3) is 3.54. The van der Waals surface area contributed by atoms with Crippen molar-refractivity contribution < 1.29 is 4.74 Å². The molecule has 1 N–H and O–H groups in total. The van der Waals surface area contributed by atoms with E-state index in [-0.39, 0.29) is 5.56 Å². The molecule has 0 fully saturated rings. The maximum Gasteiger partial charge on any atom is 0.283 e. The van der Waals surface area contributed by atoms with E-state index in [1.165, 1.54) is 4.68 Å². The molecule has 0 unspecified atom stereocenters. The number of ether oxygens (including phenoxy) is 1. The first-order valence-electron chi connectivity index (χ1n) is 8.19. The van der Waals surface area contributed by atoms with Gasteiger partial charge in [-0.2, -0.15) is 5.10 Å². The lowest BCUT2D eigenvalue weighted by Gasteiger charge is -2.14. The van der Waals surface area contributed by atoms with Crippen LogP contribution in [0.25, 0.3) is 10.8 Å². The minimum atomic E-state index is -0.128. The normalized spacial score (nSPS) is 10.8. The Bertz CT molecular complexity index is 953. The average molecular weight is 402 g/mol. The summed E-state index contributed by atoms with van der Waals surface area (Å²) >= 11 is 3.39. The average Bonchev–Trinajstić information content (AvgIpc) is 2.64. The number of benzene rings is 2. The summed E-state index contributed by atoms with van der Waals surface area (Å²) in [6.45, 7) is 3.15. The number of halogens is 1. The zero-order valence-corrected chi connectivity index (χ0v) is 15.8. The smallest absolute Gasteiger partial charge is 0.283 e. The first-order valence-corrected chi connectivity index (χ1v) is 8.99. The topological polar surface area (TPSA) is 56.1 Å². The zero-order chi connectivity index (χ0) is 17.8. The van der Waals surface area contributed by atoms with Crippen molar-refractivity contribution in [2.75, 3.05) is 12.4 Å². The lowest BCUT2D eigenvalue weighted by Crippen LogP contribution is -2.24. The summed E-state index contributed by atoms with van der Waals surface area (Å²) in [6.07, 6.45) is 2.54. The highest BCUT2D eigenvalue weighted by Crippen LogP contribution is 2.29. The highest BCUT2D eigenvalue weighted by molar-refractivity contribution is 9.10. The summed E-state index contributed by atoms with van der Waals surface area (Å²) in [5, 5.41) is 9.80. The molecule has 5 nitrogen and oxygen atoms in total. The summed E-state index contributed by atoms with van der Waals surface area (Å²) < 4.78 is 7.48. The first kappa shape index (κ1) is 17.5. The van der Waals surface area contributed by atoms with Gasteiger partial charge in [0.15, 0.2) is 0 Å². The van der Waals surface area contributed by atoms with Gasteiger partial charge in [-0.25, -0.2) is 4.68 Å². The Kier molecular flexibility index (Phi) is 5.38. The van der Waals surface area contributed by atoms with Gasteiger partial charge in [0.2, 0.25) is 0 Å². The van der Waals surface area contributed by atoms with Crippen LogP contribution in [-0.4, -0.2) is 16.9 Å². The fourth-order valence-electron chi connectivity index (χ4n) is 2.83. The fourth-order valence-corrected chi connectivity index (χ4v) is 3.28. The van der Waals surface area contributed by atoms with E-state index in [0.29, 0.717) is 23.2 Å². The van der Waals surface area contributed by atoms with Crippen LogP contribution in [0.4, 0.5) is 5.69 Å². The van der Waals surface area contributed by atoms with Crippen LogP contribution in [0.15, 0.2) is 51.9 Å². The predicted octanol–water partition coefficient (Wildman–Crippen LogP) is 4.19. The van der Waals surface area contributed by atoms with E-state index in [9.17, 15) is 4.79 Å². The van der Waals surface area contributed by atoms with Crippen LogP contribution in [0.2, 0.25) is 0 Å². The van der Waals surface area contributed by atoms with E-state index in [0.717, 1.165) is 28.5 Å². The Hall–Kier alpha value is -2.34. The van der Waals surface area contributed by atoms with Crippen molar-refractivity contribution >= 4 is 32.4 Å². The number of aromatic nitrogens is 2. The van der Waals surface area contributed by atoms with Gasteiger partial charge in [0.25, 0.3) is 5.56 Å². The Labute approximate surface area is 154 Å². The van der Waals surface area contributed by atoms with Crippen molar-refractivity contribution in [1.29, 1.82) is 0 Å². The number of fused-ring (bicyclic) bond motifs is 1. The summed E-state index contributed by atoms with van der Waals surface area (Å²) in [5.41, 5.74) is 1.59. The Balaban J connectivity index is 1.93. The lowest BCUT2D eigenvalue weighted by molar-refractivity contribution is 0.411. The molecule has 6 heteroatoms. The Morgan fingerprint density at radius 2 is 2.04 bits per heavy atom. The fraction of sp³-hybridized carbons (Fsp3) is 0.263. The largest absolute Gasteiger partial charge is 0.496 e. The standard InChI is InChI=1S/C19H20BrN3O2/c1-3-10-23-19(24)18(20)16(12-22-23)21-11-15-14-7-5-4-6-13(14)8-9-17(15)25-2/h4-9,12,21H,3,10-11H2,1-2H3. The quantitative estimate of drug-likeness (QED) is 0.672. The first-order chi connectivity index (χ1) is 12.2. The van der Waals surface area contributed by atoms with Gasteiger partial charge >= 0.3 is 0 Å². The SMILES string of the molecule is CCCn1ncc(NCc2c(OC)ccc3ccccc23)c(Br)c1=O. The molecule has 3 rings (SSSR count). The number of nitrogens with one attached hydrogen (secondary N) is 1. The molecule has 0 radical (unpaired) electrons. The molecule has 25 heavy (non-hydrogen) atoms. The van der Waals surface area contributed by atoms with Crippen molar-refractivity contribution in [2.45, 2.75) is 26.4 Å². The van der Waals surface area contributed by atoms with Gasteiger partial charge in [-0.3, -0.25) is 4.79 Å². The Morgan fingerprint density at radius 1 is 1.24 bits per heavy atom. The molecular weight excluding hydrogens is 382 g/mol. The third-order valence-corrected chi connectivity index (χ3v) is 4.86. The molecule has 0 atom stereocenters. The van der Waals surface area contributed by atoms with Gasteiger partial charge in [-0.1, -0.05) is 37.3 Å². The number of hydrogen-bond donors (Lipinski definition) is 1. The van der Waals surface area contributed by atoms with Gasteiger partial charge in [-0.05, 0) is 39.2 Å². The van der Waals surface area contributed by atoms with Crippen LogP contribution in [0.5, 0.6) is 5.75 Å². The van der Waals surface area contributed by atoms with Gasteiger partial charge < -0.3 is 10.1 Å². The molecule has 2 aromatic carbocycles. The van der Waals surface area contributed by atoms with Crippen LogP contribution in [0.3, 0.4) is 0 Å². The van der Waals surface area contributed by atoms with Crippen molar-refractivity contribution in [2.24, 2.45) is 0 Å². The molecule has 1 aromatic heterocycles. The second-order valence-electron chi connectivity index (χ2n) is 5.72. The number of rotatable bonds is 6. The Morgan fingerprint density at radius 3 is 2.80 bits per heavy atom. The van der Waals surface area contributed by atoms with E-state index in [1.54, 1.807) is 13.3 Å². The number of anilines is 1. The maximum absolute atomic E-state index is 12.3. The zero-order valence-electron chi connectivity index (χ0n) is 14.3. The van der Waals surface area contributed by atoms with E-state index < -0.39 is 0 Å². The van der Waals surface area contributed by atoms with Crippen molar-refractivity contribution in [3.05, 3.63) is 63.0 Å². The molecule has 0 aliphatic carbocycles. The minimum absolute atomic E-state index is 0.128. The summed E-state index contributed by atoms with van der Waals surface area (Å²) in [6, 6.07) is 12.2. The van der Waals surface area contributed by atoms with Crippen molar-refractivity contribution in [1.82, 2.24) is 9.78 Å². The van der Waals surface area contributed by atoms with Crippen LogP contribution in [0, 0.1) is 0 Å². The van der Waals surface area contributed by atoms with Crippen molar-refractivity contribution in [3.8, 4) is 5.75 Å². The van der Waals surface area contributed by atoms with Gasteiger partial charge in [0, 0.05) is 18.7 Å². The molecule has 0 saturated carbocycles. The van der Waals surface area contributed by atoms with Crippen LogP contribution in [0.1, 0.15) is 18.9 Å². The molecule has 0 saturated heterocycles. The van der Waals surface area contributed by atoms with Crippen LogP contribution < -0.4 is 15.6 Å². The monoisotopic (exact) mass is 401 g/mol. The predicted molar refractivity (Wildman–Crippen MR) is 104 cm³/mol. The molecule has 130 valence electrons. The molecule has 0 bridgehead atoms. The highest BCUT2D eigenvalue weighted by Gasteiger charge is 2.11. The molecule has 1 heterocycles. The molecule has 3 aromatic rings. The van der Waals surface area contributed by atoms with Gasteiger partial charge in [0.05, 0.1) is 19.0 Å². The second kappa shape index (κ2) is 7.70. The maximum atomic E-state index is 12.3. The summed E-state index contributed by atoms with van der Waals surface area (Å²) in [5.74, 6) is 0.814. The van der Waals surface area contributed by atoms with E-state index in [4.69, 9.17) is 4.74 Å². The molecule has 0 spiro atoms. The lowest BCUT2D eigenvalue weighted by atomic mass is 10.0. The van der Waals surface area contributed by atoms with Gasteiger partial charge in [0.1, 0.15) is 10.2 Å². The molecular formula is C19H20BrN3O2. The van der Waals surface area contributed by atoms with E-state index in [1.807, 2.05) is 31.2 Å². The number of methoxy groups -OCH3 is 1. The second-order valence-corrected chi connectivity index (χ2v) is 6.51. The number of hydrogen-bond acceptors (Lipinski definition) is 4. The third-order valence-electron chi connectivity index (χ3n) is 4.09. The van der Waals surface area contributed by atoms with Gasteiger partial charge in [-0.15, -0.1) is 0 Å². The molecule has 0 amide bonds. The van der Waals surface area contributed by atoms with E-state index >= 15 is 0 Å². The van der Waals surface area contributed by atoms with Crippen LogP contribution >= 0.6 is 15.9 Å². The number of aryl methyl sites for hydroxylation is 1. The summed E-state index contributed by atoms with van der Waals surface area (Å²) in [4.78, 5) is 12.3. The van der Waals surface area contributed by atoms with Crippen molar-refractivity contribution in [3.63, 3.8) is 0 Å². The minimum Gasteiger partial charge on any atom is -0.496 e. The molecule has 0 aliphatic heterocycles. The molecule has 0 aliphatic rings. The number of nitrogens with zero attached hydrogens (tertiary/aromatic N) is 2. The highest BCUT2D eigenvalue weighted by atomic mass is 79.9. The summed E-state index contributed by atoms with van der Waals surface area (Å²) in [7, 11) is 1.66. The van der Waals surface area contributed by atoms with E-state index in [2.05, 4.69) is 38.5 Å².